The second-order valence-corrected chi connectivity index (χ2v) is 6.63. The van der Waals surface area contributed by atoms with Gasteiger partial charge in [0, 0.05) is 30.3 Å². The Morgan fingerprint density at radius 2 is 2.26 bits per heavy atom. The summed E-state index contributed by atoms with van der Waals surface area (Å²) in [4.78, 5) is 25.3. The van der Waals surface area contributed by atoms with Gasteiger partial charge in [-0.15, -0.1) is 11.3 Å². The number of urea groups is 1. The first-order chi connectivity index (χ1) is 10.7. The van der Waals surface area contributed by atoms with Crippen molar-refractivity contribution in [3.8, 4) is 0 Å². The van der Waals surface area contributed by atoms with Gasteiger partial charge in [-0.05, 0) is 18.4 Å². The van der Waals surface area contributed by atoms with Crippen LogP contribution in [0.3, 0.4) is 0 Å². The standard InChI is InChI=1S/C14H18F3N3O2S/c1-9(5-11-3-2-4-23-11)18-13(22)19-10-6-12(21)20(7-10)8-14(15,16)17/h2-4,9-10H,5-8H2,1H3,(H2,18,19,22)/t9-,10+/m1/s1. The minimum Gasteiger partial charge on any atom is -0.335 e. The predicted molar refractivity (Wildman–Crippen MR) is 80.2 cm³/mol. The second kappa shape index (κ2) is 7.20. The number of amides is 3. The molecule has 5 nitrogen and oxygen atoms in total. The molecule has 1 fully saturated rings. The third-order valence-electron chi connectivity index (χ3n) is 3.38. The van der Waals surface area contributed by atoms with E-state index in [0.29, 0.717) is 6.42 Å². The maximum absolute atomic E-state index is 12.3. The van der Waals surface area contributed by atoms with Crippen LogP contribution in [0.4, 0.5) is 18.0 Å². The van der Waals surface area contributed by atoms with Gasteiger partial charge in [-0.1, -0.05) is 6.07 Å². The van der Waals surface area contributed by atoms with Gasteiger partial charge in [0.2, 0.25) is 5.91 Å². The fraction of sp³-hybridized carbons (Fsp3) is 0.571. The summed E-state index contributed by atoms with van der Waals surface area (Å²) in [5.41, 5.74) is 0. The molecule has 1 saturated heterocycles. The van der Waals surface area contributed by atoms with E-state index >= 15 is 0 Å². The lowest BCUT2D eigenvalue weighted by molar-refractivity contribution is -0.157. The van der Waals surface area contributed by atoms with Crippen LogP contribution in [0.1, 0.15) is 18.2 Å². The summed E-state index contributed by atoms with van der Waals surface area (Å²) in [5.74, 6) is -0.598. The van der Waals surface area contributed by atoms with Crippen molar-refractivity contribution in [3.05, 3.63) is 22.4 Å². The van der Waals surface area contributed by atoms with Gasteiger partial charge in [0.1, 0.15) is 6.54 Å². The Bertz CT molecular complexity index is 548. The van der Waals surface area contributed by atoms with Crippen molar-refractivity contribution in [2.45, 2.75) is 38.0 Å². The monoisotopic (exact) mass is 349 g/mol. The molecule has 0 saturated carbocycles. The van der Waals surface area contributed by atoms with Gasteiger partial charge < -0.3 is 15.5 Å². The predicted octanol–water partition coefficient (Wildman–Crippen LogP) is 2.14. The van der Waals surface area contributed by atoms with Crippen LogP contribution >= 0.6 is 11.3 Å². The average Bonchev–Trinajstić information content (AvgIpc) is 2.98. The SMILES string of the molecule is C[C@H](Cc1cccs1)NC(=O)N[C@H]1CC(=O)N(CC(F)(F)F)C1. The number of alkyl halides is 3. The van der Waals surface area contributed by atoms with Crippen molar-refractivity contribution in [3.63, 3.8) is 0 Å². The topological polar surface area (TPSA) is 61.4 Å². The number of carbonyl (C=O) groups is 2. The largest absolute Gasteiger partial charge is 0.406 e. The molecule has 3 amide bonds. The lowest BCUT2D eigenvalue weighted by Gasteiger charge is -2.19. The number of carbonyl (C=O) groups excluding carboxylic acids is 2. The lowest BCUT2D eigenvalue weighted by Crippen LogP contribution is -2.47. The van der Waals surface area contributed by atoms with Gasteiger partial charge in [-0.3, -0.25) is 4.79 Å². The van der Waals surface area contributed by atoms with Gasteiger partial charge >= 0.3 is 12.2 Å². The Kier molecular flexibility index (Phi) is 5.51. The van der Waals surface area contributed by atoms with E-state index in [2.05, 4.69) is 10.6 Å². The number of hydrogen-bond acceptors (Lipinski definition) is 3. The Hall–Kier alpha value is -1.77. The zero-order chi connectivity index (χ0) is 17.0. The summed E-state index contributed by atoms with van der Waals surface area (Å²) < 4.78 is 37.0. The Morgan fingerprint density at radius 3 is 2.87 bits per heavy atom. The molecule has 0 aromatic carbocycles. The van der Waals surface area contributed by atoms with Crippen LogP contribution in [0.5, 0.6) is 0 Å². The molecule has 1 aliphatic heterocycles. The molecule has 128 valence electrons. The maximum atomic E-state index is 12.3. The molecule has 1 aromatic heterocycles. The second-order valence-electron chi connectivity index (χ2n) is 5.59. The smallest absolute Gasteiger partial charge is 0.335 e. The molecule has 0 bridgehead atoms. The van der Waals surface area contributed by atoms with E-state index in [0.717, 1.165) is 9.78 Å². The Labute approximate surface area is 135 Å². The molecule has 0 spiro atoms. The van der Waals surface area contributed by atoms with Gasteiger partial charge in [0.25, 0.3) is 0 Å². The molecule has 2 N–H and O–H groups in total. The molecule has 9 heteroatoms. The number of nitrogens with one attached hydrogen (secondary N) is 2. The fourth-order valence-electron chi connectivity index (χ4n) is 2.47. The number of rotatable bonds is 5. The van der Waals surface area contributed by atoms with Crippen LogP contribution in [0.15, 0.2) is 17.5 Å². The Morgan fingerprint density at radius 1 is 1.52 bits per heavy atom. The van der Waals surface area contributed by atoms with E-state index in [9.17, 15) is 22.8 Å². The molecule has 2 rings (SSSR count). The van der Waals surface area contributed by atoms with Gasteiger partial charge in [-0.25, -0.2) is 4.79 Å². The lowest BCUT2D eigenvalue weighted by atomic mass is 10.2. The molecular formula is C14H18F3N3O2S. The summed E-state index contributed by atoms with van der Waals surface area (Å²) in [6.45, 7) is 0.445. The molecule has 1 aromatic rings. The highest BCUT2D eigenvalue weighted by Gasteiger charge is 2.38. The van der Waals surface area contributed by atoms with E-state index < -0.39 is 30.7 Å². The van der Waals surface area contributed by atoms with Crippen LogP contribution < -0.4 is 10.6 Å². The zero-order valence-corrected chi connectivity index (χ0v) is 13.3. The first kappa shape index (κ1) is 17.6. The Balaban J connectivity index is 1.76. The average molecular weight is 349 g/mol. The fourth-order valence-corrected chi connectivity index (χ4v) is 3.31. The van der Waals surface area contributed by atoms with Gasteiger partial charge in [0.05, 0.1) is 6.04 Å². The van der Waals surface area contributed by atoms with Crippen LogP contribution in [-0.2, 0) is 11.2 Å². The van der Waals surface area contributed by atoms with Gasteiger partial charge in [-0.2, -0.15) is 13.2 Å². The summed E-state index contributed by atoms with van der Waals surface area (Å²) in [6.07, 6.45) is -3.86. The summed E-state index contributed by atoms with van der Waals surface area (Å²) >= 11 is 1.59. The highest BCUT2D eigenvalue weighted by molar-refractivity contribution is 7.09. The van der Waals surface area contributed by atoms with E-state index in [1.165, 1.54) is 0 Å². The van der Waals surface area contributed by atoms with Crippen LogP contribution in [-0.4, -0.2) is 48.2 Å². The molecule has 0 radical (unpaired) electrons. The summed E-state index contributed by atoms with van der Waals surface area (Å²) in [5, 5.41) is 7.23. The van der Waals surface area contributed by atoms with E-state index in [1.807, 2.05) is 24.4 Å². The molecule has 0 unspecified atom stereocenters. The zero-order valence-electron chi connectivity index (χ0n) is 12.5. The van der Waals surface area contributed by atoms with Crippen LogP contribution in [0.2, 0.25) is 0 Å². The van der Waals surface area contributed by atoms with Gasteiger partial charge in [0.15, 0.2) is 0 Å². The van der Waals surface area contributed by atoms with Crippen molar-refractivity contribution in [2.75, 3.05) is 13.1 Å². The maximum Gasteiger partial charge on any atom is 0.406 e. The third kappa shape index (κ3) is 5.74. The number of nitrogens with zero attached hydrogens (tertiary/aromatic N) is 1. The summed E-state index contributed by atoms with van der Waals surface area (Å²) in [7, 11) is 0. The van der Waals surface area contributed by atoms with E-state index in [4.69, 9.17) is 0 Å². The highest BCUT2D eigenvalue weighted by Crippen LogP contribution is 2.20. The van der Waals surface area contributed by atoms with Crippen LogP contribution in [0, 0.1) is 0 Å². The number of hydrogen-bond donors (Lipinski definition) is 2. The first-order valence-corrected chi connectivity index (χ1v) is 8.05. The van der Waals surface area contributed by atoms with E-state index in [1.54, 1.807) is 11.3 Å². The van der Waals surface area contributed by atoms with E-state index in [-0.39, 0.29) is 19.0 Å². The quantitative estimate of drug-likeness (QED) is 0.856. The molecular weight excluding hydrogens is 331 g/mol. The highest BCUT2D eigenvalue weighted by atomic mass is 32.1. The molecule has 2 heterocycles. The normalized spacial score (nSPS) is 19.7. The summed E-state index contributed by atoms with van der Waals surface area (Å²) in [6, 6.07) is 2.70. The number of thiophene rings is 1. The number of halogens is 3. The number of likely N-dealkylation sites (tertiary alicyclic amines) is 1. The van der Waals surface area contributed by atoms with Crippen molar-refractivity contribution < 1.29 is 22.8 Å². The molecule has 0 aliphatic carbocycles. The molecule has 1 aliphatic rings. The van der Waals surface area contributed by atoms with Crippen molar-refractivity contribution in [1.82, 2.24) is 15.5 Å². The van der Waals surface area contributed by atoms with Crippen molar-refractivity contribution >= 4 is 23.3 Å². The molecule has 23 heavy (non-hydrogen) atoms. The van der Waals surface area contributed by atoms with Crippen molar-refractivity contribution in [1.29, 1.82) is 0 Å². The van der Waals surface area contributed by atoms with Crippen LogP contribution in [0.25, 0.3) is 0 Å². The minimum absolute atomic E-state index is 0.108. The van der Waals surface area contributed by atoms with Crippen molar-refractivity contribution in [2.24, 2.45) is 0 Å². The minimum atomic E-state index is -4.43. The first-order valence-electron chi connectivity index (χ1n) is 7.17. The third-order valence-corrected chi connectivity index (χ3v) is 4.28. The molecule has 2 atom stereocenters.